The summed E-state index contributed by atoms with van der Waals surface area (Å²) in [5.74, 6) is 0.277. The fraction of sp³-hybridized carbons (Fsp3) is 0.267. The van der Waals surface area contributed by atoms with E-state index in [9.17, 15) is 9.59 Å². The molecule has 6 nitrogen and oxygen atoms in total. The average molecular weight is 285 g/mol. The van der Waals surface area contributed by atoms with Gasteiger partial charge in [0.1, 0.15) is 6.04 Å². The third-order valence-electron chi connectivity index (χ3n) is 3.45. The molecule has 2 heterocycles. The van der Waals surface area contributed by atoms with Crippen LogP contribution in [0.1, 0.15) is 12.8 Å². The summed E-state index contributed by atoms with van der Waals surface area (Å²) in [6.45, 7) is 0. The highest BCUT2D eigenvalue weighted by atomic mass is 16.5. The van der Waals surface area contributed by atoms with Crippen LogP contribution < -0.4 is 15.4 Å². The molecular weight excluding hydrogens is 270 g/mol. The number of methoxy groups -OCH3 is 1. The van der Waals surface area contributed by atoms with Gasteiger partial charge in [-0.25, -0.2) is 4.98 Å². The zero-order chi connectivity index (χ0) is 14.8. The number of pyridine rings is 1. The molecule has 21 heavy (non-hydrogen) atoms. The van der Waals surface area contributed by atoms with E-state index in [0.29, 0.717) is 24.4 Å². The van der Waals surface area contributed by atoms with E-state index in [1.165, 1.54) is 0 Å². The summed E-state index contributed by atoms with van der Waals surface area (Å²) in [5, 5.41) is 6.37. The predicted molar refractivity (Wildman–Crippen MR) is 78.1 cm³/mol. The molecule has 3 rings (SSSR count). The van der Waals surface area contributed by atoms with Crippen molar-refractivity contribution in [3.63, 3.8) is 0 Å². The highest BCUT2D eigenvalue weighted by Crippen LogP contribution is 2.21. The molecular formula is C15H15N3O3. The lowest BCUT2D eigenvalue weighted by atomic mass is 10.1. The Morgan fingerprint density at radius 3 is 2.95 bits per heavy atom. The number of ether oxygens (including phenoxy) is 1. The minimum Gasteiger partial charge on any atom is -0.481 e. The number of fused-ring (bicyclic) bond motifs is 1. The highest BCUT2D eigenvalue weighted by molar-refractivity contribution is 6.00. The molecule has 1 fully saturated rings. The fourth-order valence-corrected chi connectivity index (χ4v) is 2.34. The van der Waals surface area contributed by atoms with Gasteiger partial charge in [0.15, 0.2) is 0 Å². The minimum absolute atomic E-state index is 0.0787. The molecule has 1 atom stereocenters. The van der Waals surface area contributed by atoms with Crippen molar-refractivity contribution in [3.05, 3.63) is 30.3 Å². The lowest BCUT2D eigenvalue weighted by Crippen LogP contribution is -2.37. The van der Waals surface area contributed by atoms with E-state index < -0.39 is 6.04 Å². The Balaban J connectivity index is 1.78. The molecule has 2 aromatic rings. The molecule has 1 aromatic heterocycles. The number of rotatable bonds is 3. The van der Waals surface area contributed by atoms with Gasteiger partial charge in [-0.2, -0.15) is 0 Å². The van der Waals surface area contributed by atoms with Crippen molar-refractivity contribution in [3.8, 4) is 5.88 Å². The zero-order valence-electron chi connectivity index (χ0n) is 11.6. The Kier molecular flexibility index (Phi) is 3.43. The van der Waals surface area contributed by atoms with E-state index in [-0.39, 0.29) is 11.8 Å². The largest absolute Gasteiger partial charge is 0.481 e. The quantitative estimate of drug-likeness (QED) is 0.894. The maximum atomic E-state index is 12.0. The van der Waals surface area contributed by atoms with Gasteiger partial charge in [-0.05, 0) is 30.7 Å². The van der Waals surface area contributed by atoms with Crippen molar-refractivity contribution in [2.45, 2.75) is 18.9 Å². The Labute approximate surface area is 121 Å². The number of anilines is 1. The number of amides is 2. The summed E-state index contributed by atoms with van der Waals surface area (Å²) in [7, 11) is 1.57. The number of carbonyl (C=O) groups excluding carboxylic acids is 2. The number of hydrogen-bond donors (Lipinski definition) is 2. The molecule has 1 aliphatic rings. The smallest absolute Gasteiger partial charge is 0.246 e. The molecule has 1 aliphatic heterocycles. The molecule has 2 amide bonds. The van der Waals surface area contributed by atoms with Crippen molar-refractivity contribution in [2.24, 2.45) is 0 Å². The van der Waals surface area contributed by atoms with E-state index in [1.54, 1.807) is 19.2 Å². The summed E-state index contributed by atoms with van der Waals surface area (Å²) < 4.78 is 5.07. The first kappa shape index (κ1) is 13.4. The molecule has 1 saturated heterocycles. The van der Waals surface area contributed by atoms with E-state index in [1.807, 2.05) is 18.2 Å². The van der Waals surface area contributed by atoms with Crippen LogP contribution >= 0.6 is 0 Å². The van der Waals surface area contributed by atoms with Crippen molar-refractivity contribution in [2.75, 3.05) is 12.4 Å². The molecule has 0 spiro atoms. The third kappa shape index (κ3) is 2.79. The van der Waals surface area contributed by atoms with Crippen LogP contribution in [0, 0.1) is 0 Å². The molecule has 0 bridgehead atoms. The van der Waals surface area contributed by atoms with Gasteiger partial charge >= 0.3 is 0 Å². The molecule has 108 valence electrons. The van der Waals surface area contributed by atoms with Gasteiger partial charge in [0.05, 0.1) is 12.6 Å². The van der Waals surface area contributed by atoms with Crippen LogP contribution in [0.3, 0.4) is 0 Å². The van der Waals surface area contributed by atoms with Gasteiger partial charge < -0.3 is 15.4 Å². The van der Waals surface area contributed by atoms with Gasteiger partial charge in [-0.3, -0.25) is 9.59 Å². The second kappa shape index (κ2) is 5.40. The predicted octanol–water partition coefficient (Wildman–Crippen LogP) is 1.46. The molecule has 2 N–H and O–H groups in total. The SMILES string of the molecule is COc1ccc2cc(NC(=O)C3CCC(=O)N3)ccc2n1. The molecule has 6 heteroatoms. The van der Waals surface area contributed by atoms with E-state index in [4.69, 9.17) is 4.74 Å². The van der Waals surface area contributed by atoms with Gasteiger partial charge in [0, 0.05) is 23.6 Å². The van der Waals surface area contributed by atoms with Gasteiger partial charge in [0.2, 0.25) is 17.7 Å². The van der Waals surface area contributed by atoms with Gasteiger partial charge in [0.25, 0.3) is 0 Å². The van der Waals surface area contributed by atoms with Crippen LogP contribution in [-0.4, -0.2) is 29.9 Å². The first-order valence-corrected chi connectivity index (χ1v) is 6.71. The monoisotopic (exact) mass is 285 g/mol. The lowest BCUT2D eigenvalue weighted by molar-refractivity contribution is -0.122. The zero-order valence-corrected chi connectivity index (χ0v) is 11.6. The van der Waals surface area contributed by atoms with E-state index in [0.717, 1.165) is 10.9 Å². The Hall–Kier alpha value is -2.63. The van der Waals surface area contributed by atoms with E-state index >= 15 is 0 Å². The molecule has 0 radical (unpaired) electrons. The van der Waals surface area contributed by atoms with Gasteiger partial charge in [-0.15, -0.1) is 0 Å². The van der Waals surface area contributed by atoms with Crippen LogP contribution in [0.5, 0.6) is 5.88 Å². The van der Waals surface area contributed by atoms with Crippen molar-refractivity contribution in [1.82, 2.24) is 10.3 Å². The number of benzene rings is 1. The Morgan fingerprint density at radius 1 is 1.38 bits per heavy atom. The average Bonchev–Trinajstić information content (AvgIpc) is 2.93. The standard InChI is InChI=1S/C15H15N3O3/c1-21-14-7-2-9-8-10(3-4-11(9)18-14)16-15(20)12-5-6-13(19)17-12/h2-4,7-8,12H,5-6H2,1H3,(H,16,20)(H,17,19). The van der Waals surface area contributed by atoms with Crippen LogP contribution in [0.4, 0.5) is 5.69 Å². The number of nitrogens with one attached hydrogen (secondary N) is 2. The summed E-state index contributed by atoms with van der Waals surface area (Å²) in [5.41, 5.74) is 1.47. The fourth-order valence-electron chi connectivity index (χ4n) is 2.34. The number of aromatic nitrogens is 1. The first-order valence-electron chi connectivity index (χ1n) is 6.71. The molecule has 0 saturated carbocycles. The van der Waals surface area contributed by atoms with Crippen LogP contribution in [0.25, 0.3) is 10.9 Å². The number of hydrogen-bond acceptors (Lipinski definition) is 4. The normalized spacial score (nSPS) is 17.6. The lowest BCUT2D eigenvalue weighted by Gasteiger charge is -2.11. The summed E-state index contributed by atoms with van der Waals surface area (Å²) >= 11 is 0. The number of nitrogens with zero attached hydrogens (tertiary/aromatic N) is 1. The molecule has 0 aliphatic carbocycles. The summed E-state index contributed by atoms with van der Waals surface area (Å²) in [6, 6.07) is 8.65. The second-order valence-electron chi connectivity index (χ2n) is 4.91. The third-order valence-corrected chi connectivity index (χ3v) is 3.45. The Morgan fingerprint density at radius 2 is 2.24 bits per heavy atom. The van der Waals surface area contributed by atoms with Gasteiger partial charge in [-0.1, -0.05) is 0 Å². The number of carbonyl (C=O) groups is 2. The van der Waals surface area contributed by atoms with Crippen molar-refractivity contribution < 1.29 is 14.3 Å². The van der Waals surface area contributed by atoms with Crippen molar-refractivity contribution in [1.29, 1.82) is 0 Å². The van der Waals surface area contributed by atoms with E-state index in [2.05, 4.69) is 15.6 Å². The second-order valence-corrected chi connectivity index (χ2v) is 4.91. The summed E-state index contributed by atoms with van der Waals surface area (Å²) in [4.78, 5) is 27.5. The van der Waals surface area contributed by atoms with Crippen LogP contribution in [0.15, 0.2) is 30.3 Å². The van der Waals surface area contributed by atoms with Crippen molar-refractivity contribution >= 4 is 28.4 Å². The maximum Gasteiger partial charge on any atom is 0.246 e. The maximum absolute atomic E-state index is 12.0. The molecule has 1 unspecified atom stereocenters. The topological polar surface area (TPSA) is 80.3 Å². The molecule has 1 aromatic carbocycles. The minimum atomic E-state index is -0.442. The highest BCUT2D eigenvalue weighted by Gasteiger charge is 2.27. The Bertz CT molecular complexity index is 714. The first-order chi connectivity index (χ1) is 10.2. The van der Waals surface area contributed by atoms with Crippen LogP contribution in [0.2, 0.25) is 0 Å². The summed E-state index contributed by atoms with van der Waals surface area (Å²) in [6.07, 6.45) is 0.941. The van der Waals surface area contributed by atoms with Crippen LogP contribution in [-0.2, 0) is 9.59 Å².